The van der Waals surface area contributed by atoms with Gasteiger partial charge in [0.05, 0.1) is 18.4 Å². The topological polar surface area (TPSA) is 69.4 Å². The van der Waals surface area contributed by atoms with Crippen molar-refractivity contribution in [2.45, 2.75) is 0 Å². The monoisotopic (exact) mass is 203 g/mol. The Balaban J connectivity index is 2.71. The zero-order chi connectivity index (χ0) is 11.0. The second kappa shape index (κ2) is 3.24. The highest BCUT2D eigenvalue weighted by Gasteiger charge is 2.26. The summed E-state index contributed by atoms with van der Waals surface area (Å²) in [4.78, 5) is 23.3. The van der Waals surface area contributed by atoms with E-state index in [0.29, 0.717) is 16.9 Å². The summed E-state index contributed by atoms with van der Waals surface area (Å²) in [5.74, 6) is -0.224. The van der Waals surface area contributed by atoms with Crippen LogP contribution in [0.15, 0.2) is 30.0 Å². The number of nitrogens with two attached hydrogens (primary N) is 1. The van der Waals surface area contributed by atoms with Crippen LogP contribution in [0.5, 0.6) is 5.75 Å². The highest BCUT2D eigenvalue weighted by atomic mass is 16.5. The lowest BCUT2D eigenvalue weighted by Gasteiger charge is -2.14. The van der Waals surface area contributed by atoms with Gasteiger partial charge < -0.3 is 10.5 Å². The molecule has 2 rings (SSSR count). The van der Waals surface area contributed by atoms with Gasteiger partial charge in [-0.25, -0.2) is 0 Å². The van der Waals surface area contributed by atoms with E-state index >= 15 is 0 Å². The first-order valence-corrected chi connectivity index (χ1v) is 4.38. The fourth-order valence-corrected chi connectivity index (χ4v) is 1.58. The van der Waals surface area contributed by atoms with Crippen LogP contribution in [-0.2, 0) is 0 Å². The average Bonchev–Trinajstić information content (AvgIpc) is 2.25. The molecule has 4 heteroatoms. The Morgan fingerprint density at radius 2 is 2.00 bits per heavy atom. The molecule has 15 heavy (non-hydrogen) atoms. The van der Waals surface area contributed by atoms with Crippen LogP contribution in [-0.4, -0.2) is 18.7 Å². The highest BCUT2D eigenvalue weighted by Crippen LogP contribution is 2.27. The summed E-state index contributed by atoms with van der Waals surface area (Å²) in [6.45, 7) is 0. The van der Waals surface area contributed by atoms with Crippen LogP contribution in [0.4, 0.5) is 0 Å². The van der Waals surface area contributed by atoms with E-state index in [2.05, 4.69) is 0 Å². The van der Waals surface area contributed by atoms with Crippen LogP contribution in [0.2, 0.25) is 0 Å². The number of allylic oxidation sites excluding steroid dienone is 2. The molecule has 0 saturated carbocycles. The zero-order valence-electron chi connectivity index (χ0n) is 8.11. The Morgan fingerprint density at radius 1 is 1.27 bits per heavy atom. The Morgan fingerprint density at radius 3 is 2.67 bits per heavy atom. The molecule has 1 aliphatic carbocycles. The van der Waals surface area contributed by atoms with E-state index in [-0.39, 0.29) is 17.3 Å². The third-order valence-corrected chi connectivity index (χ3v) is 2.29. The molecule has 2 N–H and O–H groups in total. The first-order chi connectivity index (χ1) is 7.15. The van der Waals surface area contributed by atoms with Crippen molar-refractivity contribution in [2.24, 2.45) is 5.73 Å². The largest absolute Gasteiger partial charge is 0.496 e. The summed E-state index contributed by atoms with van der Waals surface area (Å²) in [6.07, 6.45) is 1.13. The van der Waals surface area contributed by atoms with E-state index in [1.54, 1.807) is 18.2 Å². The summed E-state index contributed by atoms with van der Waals surface area (Å²) in [7, 11) is 1.45. The average molecular weight is 203 g/mol. The minimum absolute atomic E-state index is 0.0271. The molecule has 4 nitrogen and oxygen atoms in total. The van der Waals surface area contributed by atoms with Gasteiger partial charge in [0, 0.05) is 11.6 Å². The lowest BCUT2D eigenvalue weighted by atomic mass is 9.92. The van der Waals surface area contributed by atoms with E-state index in [0.717, 1.165) is 6.08 Å². The van der Waals surface area contributed by atoms with E-state index in [1.807, 2.05) is 0 Å². The van der Waals surface area contributed by atoms with E-state index in [4.69, 9.17) is 10.5 Å². The molecule has 0 amide bonds. The normalized spacial score (nSPS) is 14.6. The molecule has 0 spiro atoms. The van der Waals surface area contributed by atoms with Crippen LogP contribution < -0.4 is 10.5 Å². The Bertz CT molecular complexity index is 489. The fourth-order valence-electron chi connectivity index (χ4n) is 1.58. The quantitative estimate of drug-likeness (QED) is 0.736. The predicted octanol–water partition coefficient (Wildman–Crippen LogP) is 0.917. The Labute approximate surface area is 86.3 Å². The molecule has 0 saturated heterocycles. The number of fused-ring (bicyclic) bond motifs is 1. The van der Waals surface area contributed by atoms with Crippen molar-refractivity contribution in [2.75, 3.05) is 7.11 Å². The number of carbonyl (C=O) groups is 2. The van der Waals surface area contributed by atoms with Crippen molar-refractivity contribution in [3.63, 3.8) is 0 Å². The molecule has 0 bridgehead atoms. The minimum atomic E-state index is -0.330. The molecule has 0 fully saturated rings. The van der Waals surface area contributed by atoms with Crippen molar-refractivity contribution in [1.29, 1.82) is 0 Å². The van der Waals surface area contributed by atoms with Gasteiger partial charge in [0.15, 0.2) is 5.78 Å². The van der Waals surface area contributed by atoms with Crippen molar-refractivity contribution in [1.82, 2.24) is 0 Å². The second-order valence-electron chi connectivity index (χ2n) is 3.18. The maximum Gasteiger partial charge on any atom is 0.209 e. The van der Waals surface area contributed by atoms with Gasteiger partial charge in [0.1, 0.15) is 5.75 Å². The number of rotatable bonds is 1. The molecule has 0 radical (unpaired) electrons. The number of carbonyl (C=O) groups excluding carboxylic acids is 2. The first kappa shape index (κ1) is 9.45. The van der Waals surface area contributed by atoms with Crippen molar-refractivity contribution in [3.05, 3.63) is 41.1 Å². The SMILES string of the molecule is COc1cccc2c1C(=O)C=C(N)C2=O. The molecule has 1 aliphatic rings. The second-order valence-corrected chi connectivity index (χ2v) is 3.18. The summed E-state index contributed by atoms with van der Waals surface area (Å²) >= 11 is 0. The van der Waals surface area contributed by atoms with Crippen molar-refractivity contribution in [3.8, 4) is 5.75 Å². The molecule has 0 unspecified atom stereocenters. The maximum absolute atomic E-state index is 11.6. The molecule has 1 aromatic rings. The van der Waals surface area contributed by atoms with E-state index < -0.39 is 0 Å². The summed E-state index contributed by atoms with van der Waals surface area (Å²) in [5, 5.41) is 0. The van der Waals surface area contributed by atoms with Crippen molar-refractivity contribution < 1.29 is 14.3 Å². The molecule has 1 aromatic carbocycles. The van der Waals surface area contributed by atoms with Gasteiger partial charge >= 0.3 is 0 Å². The molecular formula is C11H9NO3. The van der Waals surface area contributed by atoms with Gasteiger partial charge in [-0.15, -0.1) is 0 Å². The standard InChI is InChI=1S/C11H9NO3/c1-15-9-4-2-3-6-10(9)8(13)5-7(12)11(6)14/h2-5H,12H2,1H3. The number of ether oxygens (including phenoxy) is 1. The third-order valence-electron chi connectivity index (χ3n) is 2.29. The lowest BCUT2D eigenvalue weighted by molar-refractivity contribution is 0.0981. The van der Waals surface area contributed by atoms with Gasteiger partial charge in [0.25, 0.3) is 0 Å². The number of methoxy groups -OCH3 is 1. The number of hydrogen-bond acceptors (Lipinski definition) is 4. The van der Waals surface area contributed by atoms with Gasteiger partial charge in [-0.3, -0.25) is 9.59 Å². The first-order valence-electron chi connectivity index (χ1n) is 4.38. The van der Waals surface area contributed by atoms with Gasteiger partial charge in [0.2, 0.25) is 5.78 Å². The number of ketones is 2. The van der Waals surface area contributed by atoms with E-state index in [1.165, 1.54) is 7.11 Å². The predicted molar refractivity (Wildman–Crippen MR) is 53.9 cm³/mol. The molecular weight excluding hydrogens is 194 g/mol. The van der Waals surface area contributed by atoms with Gasteiger partial charge in [-0.05, 0) is 12.1 Å². The molecule has 0 aliphatic heterocycles. The Kier molecular flexibility index (Phi) is 2.04. The third kappa shape index (κ3) is 1.30. The highest BCUT2D eigenvalue weighted by molar-refractivity contribution is 6.25. The van der Waals surface area contributed by atoms with Crippen LogP contribution in [0.1, 0.15) is 20.7 Å². The molecule has 0 heterocycles. The van der Waals surface area contributed by atoms with Crippen LogP contribution in [0, 0.1) is 0 Å². The smallest absolute Gasteiger partial charge is 0.209 e. The van der Waals surface area contributed by atoms with Crippen LogP contribution >= 0.6 is 0 Å². The number of benzene rings is 1. The van der Waals surface area contributed by atoms with Crippen molar-refractivity contribution >= 4 is 11.6 Å². The maximum atomic E-state index is 11.6. The molecule has 0 atom stereocenters. The van der Waals surface area contributed by atoms with Crippen LogP contribution in [0.25, 0.3) is 0 Å². The zero-order valence-corrected chi connectivity index (χ0v) is 8.11. The fraction of sp³-hybridized carbons (Fsp3) is 0.0909. The minimum Gasteiger partial charge on any atom is -0.496 e. The summed E-state index contributed by atoms with van der Waals surface area (Å²) in [5.41, 5.74) is 5.99. The molecule has 76 valence electrons. The number of hydrogen-bond donors (Lipinski definition) is 1. The lowest BCUT2D eigenvalue weighted by Crippen LogP contribution is -2.22. The van der Waals surface area contributed by atoms with Crippen LogP contribution in [0.3, 0.4) is 0 Å². The van der Waals surface area contributed by atoms with Gasteiger partial charge in [-0.2, -0.15) is 0 Å². The number of Topliss-reactive ketones (excluding diaryl/α,β-unsaturated/α-hetero) is 1. The van der Waals surface area contributed by atoms with Gasteiger partial charge in [-0.1, -0.05) is 6.07 Å². The Hall–Kier alpha value is -2.10. The summed E-state index contributed by atoms with van der Waals surface area (Å²) in [6, 6.07) is 4.86. The summed E-state index contributed by atoms with van der Waals surface area (Å²) < 4.78 is 5.02. The molecule has 0 aromatic heterocycles. The van der Waals surface area contributed by atoms with E-state index in [9.17, 15) is 9.59 Å².